The van der Waals surface area contributed by atoms with E-state index in [1.165, 1.54) is 18.2 Å². The number of pyridine rings is 1. The van der Waals surface area contributed by atoms with Gasteiger partial charge in [0, 0.05) is 11.8 Å². The second-order valence-electron chi connectivity index (χ2n) is 4.26. The van der Waals surface area contributed by atoms with E-state index in [-0.39, 0.29) is 5.56 Å². The molecule has 2 aromatic rings. The molecule has 0 aliphatic carbocycles. The van der Waals surface area contributed by atoms with Crippen molar-refractivity contribution in [3.63, 3.8) is 0 Å². The molecule has 0 aliphatic heterocycles. The first kappa shape index (κ1) is 13.6. The molecule has 2 rings (SSSR count). The topological polar surface area (TPSA) is 24.9 Å². The Balaban J connectivity index is 2.57. The molecule has 0 bridgehead atoms. The van der Waals surface area contributed by atoms with Gasteiger partial charge >= 0.3 is 0 Å². The Bertz CT molecular complexity index is 550. The summed E-state index contributed by atoms with van der Waals surface area (Å²) in [7, 11) is 1.67. The van der Waals surface area contributed by atoms with E-state index in [0.29, 0.717) is 5.69 Å². The van der Waals surface area contributed by atoms with Crippen LogP contribution in [0.15, 0.2) is 36.5 Å². The largest absolute Gasteiger partial charge is 0.308 e. The average Bonchev–Trinajstić information content (AvgIpc) is 2.43. The predicted octanol–water partition coefficient (Wildman–Crippen LogP) is 3.23. The zero-order valence-electron chi connectivity index (χ0n) is 11.0. The lowest BCUT2D eigenvalue weighted by atomic mass is 9.97. The molecule has 0 fully saturated rings. The quantitative estimate of drug-likeness (QED) is 0.915. The van der Waals surface area contributed by atoms with Crippen molar-refractivity contribution in [3.05, 3.63) is 65.0 Å². The van der Waals surface area contributed by atoms with Crippen LogP contribution in [-0.4, -0.2) is 12.0 Å². The molecule has 1 unspecified atom stereocenters. The highest BCUT2D eigenvalue weighted by molar-refractivity contribution is 5.34. The third-order valence-electron chi connectivity index (χ3n) is 3.16. The summed E-state index contributed by atoms with van der Waals surface area (Å²) >= 11 is 0. The van der Waals surface area contributed by atoms with Crippen LogP contribution in [0.4, 0.5) is 8.78 Å². The smallest absolute Gasteiger partial charge is 0.131 e. The molecule has 0 aliphatic rings. The van der Waals surface area contributed by atoms with Crippen LogP contribution in [0.5, 0.6) is 0 Å². The second kappa shape index (κ2) is 5.89. The molecule has 19 heavy (non-hydrogen) atoms. The van der Waals surface area contributed by atoms with Crippen LogP contribution < -0.4 is 5.32 Å². The van der Waals surface area contributed by atoms with Crippen LogP contribution in [0.1, 0.15) is 29.8 Å². The lowest BCUT2D eigenvalue weighted by Crippen LogP contribution is -2.23. The maximum Gasteiger partial charge on any atom is 0.131 e. The predicted molar refractivity (Wildman–Crippen MR) is 70.9 cm³/mol. The first-order valence-electron chi connectivity index (χ1n) is 6.24. The summed E-state index contributed by atoms with van der Waals surface area (Å²) in [4.78, 5) is 4.28. The molecule has 1 aromatic carbocycles. The fraction of sp³-hybridized carbons (Fsp3) is 0.267. The number of benzene rings is 1. The molecule has 0 amide bonds. The van der Waals surface area contributed by atoms with E-state index in [4.69, 9.17) is 0 Å². The van der Waals surface area contributed by atoms with Crippen LogP contribution >= 0.6 is 0 Å². The fourth-order valence-corrected chi connectivity index (χ4v) is 2.21. The summed E-state index contributed by atoms with van der Waals surface area (Å²) in [6.07, 6.45) is 2.40. The molecule has 1 aromatic heterocycles. The van der Waals surface area contributed by atoms with Gasteiger partial charge in [0.25, 0.3) is 0 Å². The monoisotopic (exact) mass is 262 g/mol. The van der Waals surface area contributed by atoms with Crippen molar-refractivity contribution in [2.75, 3.05) is 7.05 Å². The maximum absolute atomic E-state index is 13.9. The average molecular weight is 262 g/mol. The number of hydrogen-bond donors (Lipinski definition) is 1. The van der Waals surface area contributed by atoms with Crippen molar-refractivity contribution in [1.29, 1.82) is 0 Å². The minimum Gasteiger partial charge on any atom is -0.308 e. The Morgan fingerprint density at radius 1 is 1.16 bits per heavy atom. The van der Waals surface area contributed by atoms with Gasteiger partial charge in [-0.2, -0.15) is 0 Å². The summed E-state index contributed by atoms with van der Waals surface area (Å²) in [5.74, 6) is -1.13. The second-order valence-corrected chi connectivity index (χ2v) is 4.26. The van der Waals surface area contributed by atoms with E-state index in [9.17, 15) is 8.78 Å². The van der Waals surface area contributed by atoms with Crippen molar-refractivity contribution >= 4 is 0 Å². The van der Waals surface area contributed by atoms with Gasteiger partial charge in [-0.3, -0.25) is 4.98 Å². The summed E-state index contributed by atoms with van der Waals surface area (Å²) in [6.45, 7) is 1.99. The Labute approximate surface area is 111 Å². The van der Waals surface area contributed by atoms with Gasteiger partial charge in [-0.05, 0) is 37.2 Å². The van der Waals surface area contributed by atoms with Crippen LogP contribution in [0, 0.1) is 11.6 Å². The minimum absolute atomic E-state index is 0.0124. The molecular formula is C15H16F2N2. The molecule has 100 valence electrons. The van der Waals surface area contributed by atoms with Crippen molar-refractivity contribution in [3.8, 4) is 0 Å². The van der Waals surface area contributed by atoms with Crippen LogP contribution in [0.3, 0.4) is 0 Å². The maximum atomic E-state index is 13.9. The van der Waals surface area contributed by atoms with E-state index in [1.807, 2.05) is 19.1 Å². The van der Waals surface area contributed by atoms with Gasteiger partial charge in [-0.1, -0.05) is 19.1 Å². The zero-order valence-corrected chi connectivity index (χ0v) is 11.0. The van der Waals surface area contributed by atoms with E-state index in [1.54, 1.807) is 13.2 Å². The number of nitrogens with zero attached hydrogens (tertiary/aromatic N) is 1. The van der Waals surface area contributed by atoms with Crippen LogP contribution in [-0.2, 0) is 6.42 Å². The highest BCUT2D eigenvalue weighted by atomic mass is 19.1. The minimum atomic E-state index is -0.586. The summed E-state index contributed by atoms with van der Waals surface area (Å²) in [6, 6.07) is 7.05. The molecule has 4 heteroatoms. The molecule has 1 N–H and O–H groups in total. The van der Waals surface area contributed by atoms with Gasteiger partial charge in [0.15, 0.2) is 0 Å². The number of aromatic nitrogens is 1. The van der Waals surface area contributed by atoms with Gasteiger partial charge < -0.3 is 5.32 Å². The van der Waals surface area contributed by atoms with Gasteiger partial charge in [-0.25, -0.2) is 8.78 Å². The normalized spacial score (nSPS) is 12.4. The standard InChI is InChI=1S/C15H16F2N2/c1-3-10-6-5-9-19-14(10)15(18-2)13-11(16)7-4-8-12(13)17/h4-9,15,18H,3H2,1-2H3. The molecule has 0 radical (unpaired) electrons. The molecule has 0 saturated carbocycles. The fourth-order valence-electron chi connectivity index (χ4n) is 2.21. The summed E-state index contributed by atoms with van der Waals surface area (Å²) < 4.78 is 27.8. The Morgan fingerprint density at radius 3 is 2.42 bits per heavy atom. The first-order valence-corrected chi connectivity index (χ1v) is 6.24. The zero-order chi connectivity index (χ0) is 13.8. The molecular weight excluding hydrogens is 246 g/mol. The van der Waals surface area contributed by atoms with Crippen molar-refractivity contribution in [2.24, 2.45) is 0 Å². The molecule has 0 saturated heterocycles. The highest BCUT2D eigenvalue weighted by Gasteiger charge is 2.23. The number of aryl methyl sites for hydroxylation is 1. The van der Waals surface area contributed by atoms with Gasteiger partial charge in [0.2, 0.25) is 0 Å². The lowest BCUT2D eigenvalue weighted by Gasteiger charge is -2.20. The third kappa shape index (κ3) is 2.63. The first-order chi connectivity index (χ1) is 9.19. The highest BCUT2D eigenvalue weighted by Crippen LogP contribution is 2.27. The molecule has 2 nitrogen and oxygen atoms in total. The number of hydrogen-bond acceptors (Lipinski definition) is 2. The van der Waals surface area contributed by atoms with Crippen LogP contribution in [0.2, 0.25) is 0 Å². The number of rotatable bonds is 4. The molecule has 1 heterocycles. The molecule has 0 spiro atoms. The van der Waals surface area contributed by atoms with E-state index in [0.717, 1.165) is 12.0 Å². The van der Waals surface area contributed by atoms with Gasteiger partial charge in [-0.15, -0.1) is 0 Å². The van der Waals surface area contributed by atoms with Gasteiger partial charge in [0.1, 0.15) is 11.6 Å². The van der Waals surface area contributed by atoms with Crippen molar-refractivity contribution < 1.29 is 8.78 Å². The Kier molecular flexibility index (Phi) is 4.22. The Hall–Kier alpha value is -1.81. The number of halogens is 2. The lowest BCUT2D eigenvalue weighted by molar-refractivity contribution is 0.516. The van der Waals surface area contributed by atoms with Gasteiger partial charge in [0.05, 0.1) is 11.7 Å². The Morgan fingerprint density at radius 2 is 1.84 bits per heavy atom. The van der Waals surface area contributed by atoms with E-state index >= 15 is 0 Å². The van der Waals surface area contributed by atoms with Crippen molar-refractivity contribution in [2.45, 2.75) is 19.4 Å². The van der Waals surface area contributed by atoms with E-state index in [2.05, 4.69) is 10.3 Å². The van der Waals surface area contributed by atoms with Crippen LogP contribution in [0.25, 0.3) is 0 Å². The third-order valence-corrected chi connectivity index (χ3v) is 3.16. The SMILES string of the molecule is CCc1cccnc1C(NC)c1c(F)cccc1F. The molecule has 1 atom stereocenters. The summed E-state index contributed by atoms with van der Waals surface area (Å²) in [5, 5.41) is 2.95. The van der Waals surface area contributed by atoms with Crippen molar-refractivity contribution in [1.82, 2.24) is 10.3 Å². The van der Waals surface area contributed by atoms with E-state index < -0.39 is 17.7 Å². The number of nitrogens with one attached hydrogen (secondary N) is 1. The summed E-state index contributed by atoms with van der Waals surface area (Å²) in [5.41, 5.74) is 1.65.